The van der Waals surface area contributed by atoms with Crippen LogP contribution in [0.5, 0.6) is 0 Å². The van der Waals surface area contributed by atoms with Gasteiger partial charge < -0.3 is 5.73 Å². The third-order valence-electron chi connectivity index (χ3n) is 2.98. The fourth-order valence-electron chi connectivity index (χ4n) is 2.14. The summed E-state index contributed by atoms with van der Waals surface area (Å²) >= 11 is 0. The van der Waals surface area contributed by atoms with Crippen molar-refractivity contribution in [3.05, 3.63) is 35.1 Å². The minimum Gasteiger partial charge on any atom is -0.329 e. The predicted molar refractivity (Wildman–Crippen MR) is 54.5 cm³/mol. The number of hydrogen-bond acceptors (Lipinski definition) is 2. The fraction of sp³-hybridized carbons (Fsp3) is 0.455. The SMILES string of the molecule is CN1CCc2c(F)cccc2C1CN. The van der Waals surface area contributed by atoms with Gasteiger partial charge in [0.05, 0.1) is 0 Å². The molecular formula is C11H15FN2. The van der Waals surface area contributed by atoms with Gasteiger partial charge >= 0.3 is 0 Å². The van der Waals surface area contributed by atoms with Crippen LogP contribution in [0.1, 0.15) is 17.2 Å². The van der Waals surface area contributed by atoms with Crippen LogP contribution in [0.2, 0.25) is 0 Å². The van der Waals surface area contributed by atoms with Crippen LogP contribution < -0.4 is 5.73 Å². The van der Waals surface area contributed by atoms with Crippen LogP contribution in [-0.4, -0.2) is 25.0 Å². The van der Waals surface area contributed by atoms with Crippen LogP contribution in [-0.2, 0) is 6.42 Å². The standard InChI is InChI=1S/C11H15FN2/c1-14-6-5-8-9(11(14)7-13)3-2-4-10(8)12/h2-4,11H,5-7,13H2,1H3. The summed E-state index contributed by atoms with van der Waals surface area (Å²) in [6, 6.07) is 5.44. The van der Waals surface area contributed by atoms with Gasteiger partial charge in [-0.15, -0.1) is 0 Å². The minimum atomic E-state index is -0.0888. The summed E-state index contributed by atoms with van der Waals surface area (Å²) < 4.78 is 13.4. The first-order chi connectivity index (χ1) is 6.74. The molecule has 0 saturated carbocycles. The maximum Gasteiger partial charge on any atom is 0.126 e. The van der Waals surface area contributed by atoms with Gasteiger partial charge in [-0.05, 0) is 30.7 Å². The van der Waals surface area contributed by atoms with E-state index < -0.39 is 0 Å². The molecule has 0 amide bonds. The van der Waals surface area contributed by atoms with Crippen LogP contribution in [0.25, 0.3) is 0 Å². The Morgan fingerprint density at radius 1 is 1.57 bits per heavy atom. The lowest BCUT2D eigenvalue weighted by Crippen LogP contribution is -2.36. The van der Waals surface area contributed by atoms with E-state index in [0.717, 1.165) is 24.1 Å². The fourth-order valence-corrected chi connectivity index (χ4v) is 2.14. The van der Waals surface area contributed by atoms with Gasteiger partial charge in [-0.3, -0.25) is 4.90 Å². The number of fused-ring (bicyclic) bond motifs is 1. The Hall–Kier alpha value is -0.930. The van der Waals surface area contributed by atoms with Crippen molar-refractivity contribution < 1.29 is 4.39 Å². The summed E-state index contributed by atoms with van der Waals surface area (Å²) in [7, 11) is 2.03. The van der Waals surface area contributed by atoms with E-state index in [1.54, 1.807) is 6.07 Å². The van der Waals surface area contributed by atoms with Crippen molar-refractivity contribution in [2.45, 2.75) is 12.5 Å². The van der Waals surface area contributed by atoms with Gasteiger partial charge in [0.2, 0.25) is 0 Å². The lowest BCUT2D eigenvalue weighted by Gasteiger charge is -2.33. The van der Waals surface area contributed by atoms with E-state index in [1.807, 2.05) is 13.1 Å². The van der Waals surface area contributed by atoms with E-state index in [1.165, 1.54) is 6.07 Å². The number of nitrogens with zero attached hydrogens (tertiary/aromatic N) is 1. The molecule has 14 heavy (non-hydrogen) atoms. The zero-order valence-electron chi connectivity index (χ0n) is 8.33. The number of likely N-dealkylation sites (N-methyl/N-ethyl adjacent to an activating group) is 1. The van der Waals surface area contributed by atoms with Gasteiger partial charge in [0, 0.05) is 19.1 Å². The molecule has 76 valence electrons. The lowest BCUT2D eigenvalue weighted by atomic mass is 9.92. The van der Waals surface area contributed by atoms with Crippen molar-refractivity contribution in [1.82, 2.24) is 4.90 Å². The average Bonchev–Trinajstić information content (AvgIpc) is 2.18. The molecule has 1 aliphatic rings. The highest BCUT2D eigenvalue weighted by Gasteiger charge is 2.24. The number of nitrogens with two attached hydrogens (primary N) is 1. The second-order valence-electron chi connectivity index (χ2n) is 3.79. The van der Waals surface area contributed by atoms with Crippen LogP contribution >= 0.6 is 0 Å². The van der Waals surface area contributed by atoms with Gasteiger partial charge in [-0.25, -0.2) is 4.39 Å². The summed E-state index contributed by atoms with van der Waals surface area (Å²) in [5, 5.41) is 0. The Kier molecular flexibility index (Phi) is 2.52. The van der Waals surface area contributed by atoms with Crippen molar-refractivity contribution in [3.63, 3.8) is 0 Å². The molecule has 1 atom stereocenters. The Morgan fingerprint density at radius 3 is 3.07 bits per heavy atom. The van der Waals surface area contributed by atoms with Crippen molar-refractivity contribution in [2.24, 2.45) is 5.73 Å². The van der Waals surface area contributed by atoms with Crippen LogP contribution in [0.4, 0.5) is 4.39 Å². The molecule has 2 nitrogen and oxygen atoms in total. The first kappa shape index (κ1) is 9.62. The topological polar surface area (TPSA) is 29.3 Å². The molecule has 2 N–H and O–H groups in total. The van der Waals surface area contributed by atoms with Crippen LogP contribution in [0.3, 0.4) is 0 Å². The van der Waals surface area contributed by atoms with E-state index in [0.29, 0.717) is 6.54 Å². The van der Waals surface area contributed by atoms with Crippen LogP contribution in [0, 0.1) is 5.82 Å². The van der Waals surface area contributed by atoms with Gasteiger partial charge in [-0.1, -0.05) is 12.1 Å². The Balaban J connectivity index is 2.46. The molecule has 1 heterocycles. The summed E-state index contributed by atoms with van der Waals surface area (Å²) in [6.45, 7) is 1.43. The summed E-state index contributed by atoms with van der Waals surface area (Å²) in [6.07, 6.45) is 0.787. The second-order valence-corrected chi connectivity index (χ2v) is 3.79. The first-order valence-corrected chi connectivity index (χ1v) is 4.91. The Morgan fingerprint density at radius 2 is 2.36 bits per heavy atom. The lowest BCUT2D eigenvalue weighted by molar-refractivity contribution is 0.234. The average molecular weight is 194 g/mol. The first-order valence-electron chi connectivity index (χ1n) is 4.91. The number of benzene rings is 1. The summed E-state index contributed by atoms with van der Waals surface area (Å²) in [5.41, 5.74) is 7.60. The molecule has 2 rings (SSSR count). The van der Waals surface area contributed by atoms with Crippen molar-refractivity contribution in [1.29, 1.82) is 0 Å². The highest BCUT2D eigenvalue weighted by molar-refractivity contribution is 5.33. The van der Waals surface area contributed by atoms with E-state index in [2.05, 4.69) is 4.90 Å². The smallest absolute Gasteiger partial charge is 0.126 e. The molecular weight excluding hydrogens is 179 g/mol. The molecule has 0 fully saturated rings. The maximum atomic E-state index is 13.4. The quantitative estimate of drug-likeness (QED) is 0.730. The third-order valence-corrected chi connectivity index (χ3v) is 2.98. The van der Waals surface area contributed by atoms with Crippen LogP contribution in [0.15, 0.2) is 18.2 Å². The summed E-state index contributed by atoms with van der Waals surface area (Å²) in [5.74, 6) is -0.0888. The molecule has 3 heteroatoms. The van der Waals surface area contributed by atoms with Gasteiger partial charge in [0.15, 0.2) is 0 Å². The molecule has 0 saturated heterocycles. The zero-order valence-corrected chi connectivity index (χ0v) is 8.33. The zero-order chi connectivity index (χ0) is 10.1. The van der Waals surface area contributed by atoms with E-state index in [9.17, 15) is 4.39 Å². The predicted octanol–water partition coefficient (Wildman–Crippen LogP) is 1.31. The molecule has 0 spiro atoms. The number of hydrogen-bond donors (Lipinski definition) is 1. The molecule has 1 aromatic rings. The largest absolute Gasteiger partial charge is 0.329 e. The van der Waals surface area contributed by atoms with Crippen molar-refractivity contribution in [3.8, 4) is 0 Å². The highest BCUT2D eigenvalue weighted by Crippen LogP contribution is 2.28. The van der Waals surface area contributed by atoms with Gasteiger partial charge in [-0.2, -0.15) is 0 Å². The molecule has 1 aromatic carbocycles. The monoisotopic (exact) mass is 194 g/mol. The van der Waals surface area contributed by atoms with E-state index >= 15 is 0 Å². The molecule has 0 radical (unpaired) electrons. The van der Waals surface area contributed by atoms with E-state index in [4.69, 9.17) is 5.73 Å². The minimum absolute atomic E-state index is 0.0888. The molecule has 0 aromatic heterocycles. The normalized spacial score (nSPS) is 22.1. The number of rotatable bonds is 1. The number of halogens is 1. The molecule has 1 unspecified atom stereocenters. The third kappa shape index (κ3) is 1.42. The Bertz CT molecular complexity index is 338. The molecule has 1 aliphatic heterocycles. The van der Waals surface area contributed by atoms with Crippen molar-refractivity contribution in [2.75, 3.05) is 20.1 Å². The van der Waals surface area contributed by atoms with Crippen molar-refractivity contribution >= 4 is 0 Å². The molecule has 0 bridgehead atoms. The van der Waals surface area contributed by atoms with E-state index in [-0.39, 0.29) is 11.9 Å². The second kappa shape index (κ2) is 3.67. The highest BCUT2D eigenvalue weighted by atomic mass is 19.1. The summed E-state index contributed by atoms with van der Waals surface area (Å²) in [4.78, 5) is 2.18. The van der Waals surface area contributed by atoms with Gasteiger partial charge in [0.25, 0.3) is 0 Å². The maximum absolute atomic E-state index is 13.4. The van der Waals surface area contributed by atoms with Gasteiger partial charge in [0.1, 0.15) is 5.82 Å². The Labute approximate surface area is 83.5 Å². The molecule has 0 aliphatic carbocycles.